The van der Waals surface area contributed by atoms with E-state index in [0.29, 0.717) is 12.1 Å². The third-order valence-electron chi connectivity index (χ3n) is 4.79. The summed E-state index contributed by atoms with van der Waals surface area (Å²) in [4.78, 5) is 0. The maximum Gasteiger partial charge on any atom is 0.231 e. The Bertz CT molecular complexity index is 1040. The van der Waals surface area contributed by atoms with Gasteiger partial charge < -0.3 is 9.47 Å². The molecule has 3 aromatic rings. The molecule has 2 aromatic carbocycles. The predicted octanol–water partition coefficient (Wildman–Crippen LogP) is 4.12. The van der Waals surface area contributed by atoms with Crippen LogP contribution in [-0.2, 0) is 6.54 Å². The fourth-order valence-electron chi connectivity index (χ4n) is 3.43. The summed E-state index contributed by atoms with van der Waals surface area (Å²) in [6.45, 7) is 7.01. The van der Waals surface area contributed by atoms with Gasteiger partial charge in [0.05, 0.1) is 23.9 Å². The molecule has 2 heterocycles. The fraction of sp³-hybridized carbons (Fsp3) is 0.238. The van der Waals surface area contributed by atoms with Crippen molar-refractivity contribution in [3.8, 4) is 28.7 Å². The number of ether oxygens (including phenoxy) is 2. The molecule has 0 amide bonds. The quantitative estimate of drug-likeness (QED) is 0.716. The summed E-state index contributed by atoms with van der Waals surface area (Å²) < 4.78 is 12.8. The van der Waals surface area contributed by atoms with E-state index >= 15 is 0 Å². The largest absolute Gasteiger partial charge is 0.454 e. The minimum absolute atomic E-state index is 0.279. The second-order valence-corrected chi connectivity index (χ2v) is 6.53. The highest BCUT2D eigenvalue weighted by Crippen LogP contribution is 2.33. The number of aryl methyl sites for hydroxylation is 2. The van der Waals surface area contributed by atoms with Crippen molar-refractivity contribution in [3.63, 3.8) is 0 Å². The van der Waals surface area contributed by atoms with Crippen molar-refractivity contribution in [3.05, 3.63) is 64.5 Å². The molecular weight excluding hydrogens is 326 g/mol. The first-order chi connectivity index (χ1) is 12.6. The summed E-state index contributed by atoms with van der Waals surface area (Å²) in [7, 11) is 0. The summed E-state index contributed by atoms with van der Waals surface area (Å²) >= 11 is 0. The van der Waals surface area contributed by atoms with Gasteiger partial charge in [-0.3, -0.25) is 4.68 Å². The van der Waals surface area contributed by atoms with Gasteiger partial charge in [-0.2, -0.15) is 10.4 Å². The Labute approximate surface area is 152 Å². The normalized spacial score (nSPS) is 12.2. The van der Waals surface area contributed by atoms with E-state index in [4.69, 9.17) is 19.8 Å². The second kappa shape index (κ2) is 6.23. The highest BCUT2D eigenvalue weighted by molar-refractivity contribution is 5.70. The van der Waals surface area contributed by atoms with Crippen molar-refractivity contribution in [2.75, 3.05) is 6.79 Å². The van der Waals surface area contributed by atoms with Gasteiger partial charge in [-0.1, -0.05) is 12.1 Å². The van der Waals surface area contributed by atoms with Crippen LogP contribution >= 0.6 is 0 Å². The molecule has 0 N–H and O–H groups in total. The zero-order chi connectivity index (χ0) is 18.3. The summed E-state index contributed by atoms with van der Waals surface area (Å²) in [5, 5.41) is 13.9. The number of aromatic nitrogens is 2. The van der Waals surface area contributed by atoms with Crippen molar-refractivity contribution in [1.29, 1.82) is 5.26 Å². The van der Waals surface area contributed by atoms with Crippen LogP contribution in [0, 0.1) is 32.1 Å². The molecule has 0 radical (unpaired) electrons. The third-order valence-corrected chi connectivity index (χ3v) is 4.79. The SMILES string of the molecule is Cc1cc(-c2c(C)nn(Cc3ccc4c(c3)OCO4)c2C)ccc1C#N. The van der Waals surface area contributed by atoms with Gasteiger partial charge >= 0.3 is 0 Å². The smallest absolute Gasteiger partial charge is 0.231 e. The van der Waals surface area contributed by atoms with Gasteiger partial charge in [0.25, 0.3) is 0 Å². The number of hydrogen-bond donors (Lipinski definition) is 0. The molecule has 1 aliphatic rings. The Hall–Kier alpha value is -3.26. The Morgan fingerprint density at radius 2 is 1.88 bits per heavy atom. The number of nitriles is 1. The predicted molar refractivity (Wildman–Crippen MR) is 98.3 cm³/mol. The number of fused-ring (bicyclic) bond motifs is 1. The fourth-order valence-corrected chi connectivity index (χ4v) is 3.43. The molecule has 5 heteroatoms. The molecule has 0 fully saturated rings. The third kappa shape index (κ3) is 2.70. The van der Waals surface area contributed by atoms with Crippen LogP contribution in [0.5, 0.6) is 11.5 Å². The minimum atomic E-state index is 0.279. The van der Waals surface area contributed by atoms with E-state index in [9.17, 15) is 0 Å². The minimum Gasteiger partial charge on any atom is -0.454 e. The van der Waals surface area contributed by atoms with Crippen molar-refractivity contribution < 1.29 is 9.47 Å². The van der Waals surface area contributed by atoms with Gasteiger partial charge in [0, 0.05) is 11.3 Å². The van der Waals surface area contributed by atoms with Crippen LogP contribution in [0.25, 0.3) is 11.1 Å². The topological polar surface area (TPSA) is 60.1 Å². The Kier molecular flexibility index (Phi) is 3.89. The van der Waals surface area contributed by atoms with Gasteiger partial charge in [-0.05, 0) is 61.7 Å². The monoisotopic (exact) mass is 345 g/mol. The van der Waals surface area contributed by atoms with Crippen LogP contribution in [-0.4, -0.2) is 16.6 Å². The Balaban J connectivity index is 1.69. The molecule has 0 spiro atoms. The molecule has 0 atom stereocenters. The van der Waals surface area contributed by atoms with E-state index in [1.54, 1.807) is 0 Å². The van der Waals surface area contributed by atoms with E-state index in [-0.39, 0.29) is 6.79 Å². The molecule has 130 valence electrons. The van der Waals surface area contributed by atoms with Crippen molar-refractivity contribution in [2.45, 2.75) is 27.3 Å². The molecule has 0 unspecified atom stereocenters. The summed E-state index contributed by atoms with van der Waals surface area (Å²) in [5.74, 6) is 1.57. The lowest BCUT2D eigenvalue weighted by Gasteiger charge is -2.08. The lowest BCUT2D eigenvalue weighted by Crippen LogP contribution is -2.04. The van der Waals surface area contributed by atoms with Gasteiger partial charge in [-0.25, -0.2) is 0 Å². The Morgan fingerprint density at radius 3 is 2.65 bits per heavy atom. The second-order valence-electron chi connectivity index (χ2n) is 6.53. The molecule has 26 heavy (non-hydrogen) atoms. The van der Waals surface area contributed by atoms with Gasteiger partial charge in [0.1, 0.15) is 0 Å². The van der Waals surface area contributed by atoms with E-state index < -0.39 is 0 Å². The molecule has 0 saturated carbocycles. The average molecular weight is 345 g/mol. The van der Waals surface area contributed by atoms with E-state index in [1.807, 2.05) is 48.9 Å². The molecule has 5 nitrogen and oxygen atoms in total. The standard InChI is InChI=1S/C21H19N3O2/c1-13-8-17(5-6-18(13)10-22)21-14(2)23-24(15(21)3)11-16-4-7-19-20(9-16)26-12-25-19/h4-9H,11-12H2,1-3H3. The van der Waals surface area contributed by atoms with Gasteiger partial charge in [-0.15, -0.1) is 0 Å². The van der Waals surface area contributed by atoms with Crippen LogP contribution in [0.2, 0.25) is 0 Å². The average Bonchev–Trinajstić information content (AvgIpc) is 3.19. The first-order valence-electron chi connectivity index (χ1n) is 8.50. The summed E-state index contributed by atoms with van der Waals surface area (Å²) in [5.41, 5.74) is 7.09. The molecular formula is C21H19N3O2. The van der Waals surface area contributed by atoms with Crippen molar-refractivity contribution >= 4 is 0 Å². The first-order valence-corrected chi connectivity index (χ1v) is 8.50. The van der Waals surface area contributed by atoms with Gasteiger partial charge in [0.15, 0.2) is 11.5 Å². The number of benzene rings is 2. The van der Waals surface area contributed by atoms with Gasteiger partial charge in [0.2, 0.25) is 6.79 Å². The van der Waals surface area contributed by atoms with Crippen LogP contribution < -0.4 is 9.47 Å². The molecule has 0 aliphatic carbocycles. The highest BCUT2D eigenvalue weighted by Gasteiger charge is 2.17. The van der Waals surface area contributed by atoms with Crippen LogP contribution in [0.15, 0.2) is 36.4 Å². The molecule has 0 saturated heterocycles. The van der Waals surface area contributed by atoms with Crippen LogP contribution in [0.4, 0.5) is 0 Å². The lowest BCUT2D eigenvalue weighted by molar-refractivity contribution is 0.174. The maximum absolute atomic E-state index is 9.14. The summed E-state index contributed by atoms with van der Waals surface area (Å²) in [6, 6.07) is 14.1. The van der Waals surface area contributed by atoms with E-state index in [0.717, 1.165) is 45.1 Å². The zero-order valence-corrected chi connectivity index (χ0v) is 15.0. The maximum atomic E-state index is 9.14. The number of rotatable bonds is 3. The van der Waals surface area contributed by atoms with E-state index in [2.05, 4.69) is 19.1 Å². The molecule has 4 rings (SSSR count). The highest BCUT2D eigenvalue weighted by atomic mass is 16.7. The molecule has 1 aliphatic heterocycles. The lowest BCUT2D eigenvalue weighted by atomic mass is 9.99. The van der Waals surface area contributed by atoms with Crippen molar-refractivity contribution in [1.82, 2.24) is 9.78 Å². The zero-order valence-electron chi connectivity index (χ0n) is 15.0. The summed E-state index contributed by atoms with van der Waals surface area (Å²) in [6.07, 6.45) is 0. The molecule has 0 bridgehead atoms. The van der Waals surface area contributed by atoms with Crippen molar-refractivity contribution in [2.24, 2.45) is 0 Å². The van der Waals surface area contributed by atoms with E-state index in [1.165, 1.54) is 0 Å². The van der Waals surface area contributed by atoms with Crippen LogP contribution in [0.1, 0.15) is 28.1 Å². The van der Waals surface area contributed by atoms with Crippen LogP contribution in [0.3, 0.4) is 0 Å². The number of hydrogen-bond acceptors (Lipinski definition) is 4. The number of nitrogens with zero attached hydrogens (tertiary/aromatic N) is 3. The Morgan fingerprint density at radius 1 is 1.08 bits per heavy atom. The molecule has 1 aromatic heterocycles. The first kappa shape index (κ1) is 16.2.